The van der Waals surface area contributed by atoms with Gasteiger partial charge in [0.1, 0.15) is 24.6 Å². The maximum atomic E-state index is 5.40. The summed E-state index contributed by atoms with van der Waals surface area (Å²) in [5.41, 5.74) is 0. The van der Waals surface area contributed by atoms with Crippen LogP contribution in [0.1, 0.15) is 41.5 Å². The molecule has 0 amide bonds. The van der Waals surface area contributed by atoms with E-state index in [4.69, 9.17) is 18.9 Å². The minimum absolute atomic E-state index is 0. The Kier molecular flexibility index (Phi) is 18.8. The molecule has 2 aliphatic heterocycles. The second-order valence-corrected chi connectivity index (χ2v) is 7.04. The summed E-state index contributed by atoms with van der Waals surface area (Å²) in [5.74, 6) is 0.919. The summed E-state index contributed by atoms with van der Waals surface area (Å²) in [4.78, 5) is 0. The molecule has 0 saturated carbocycles. The first-order chi connectivity index (χ1) is 15.8. The fourth-order valence-corrected chi connectivity index (χ4v) is 2.35. The van der Waals surface area contributed by atoms with Crippen LogP contribution in [0.15, 0.2) is 78.9 Å². The van der Waals surface area contributed by atoms with E-state index in [1.54, 1.807) is 7.11 Å². The van der Waals surface area contributed by atoms with E-state index in [9.17, 15) is 0 Å². The Morgan fingerprint density at radius 1 is 0.697 bits per heavy atom. The molecular weight excluding hydrogens is 412 g/mol. The summed E-state index contributed by atoms with van der Waals surface area (Å²) in [5, 5.41) is 2.62. The van der Waals surface area contributed by atoms with Gasteiger partial charge in [-0.2, -0.15) is 0 Å². The lowest BCUT2D eigenvalue weighted by molar-refractivity contribution is 0.171. The van der Waals surface area contributed by atoms with Crippen LogP contribution in [0.3, 0.4) is 0 Å². The first kappa shape index (κ1) is 30.6. The van der Waals surface area contributed by atoms with E-state index >= 15 is 0 Å². The van der Waals surface area contributed by atoms with Crippen molar-refractivity contribution in [1.29, 1.82) is 0 Å². The van der Waals surface area contributed by atoms with Gasteiger partial charge in [0.25, 0.3) is 0 Å². The van der Waals surface area contributed by atoms with Crippen LogP contribution in [0.25, 0.3) is 10.8 Å². The highest BCUT2D eigenvalue weighted by molar-refractivity contribution is 5.81. The number of hydrogen-bond acceptors (Lipinski definition) is 4. The number of epoxide rings is 2. The fraction of sp³-hybridized carbons (Fsp3) is 0.448. The van der Waals surface area contributed by atoms with Crippen LogP contribution in [-0.2, 0) is 14.2 Å². The third-order valence-corrected chi connectivity index (χ3v) is 4.00. The zero-order valence-electron chi connectivity index (χ0n) is 20.3. The summed E-state index contributed by atoms with van der Waals surface area (Å²) in [7, 11) is 1.68. The van der Waals surface area contributed by atoms with Gasteiger partial charge in [-0.1, -0.05) is 108 Å². The number of ether oxygens (including phenoxy) is 4. The van der Waals surface area contributed by atoms with Crippen molar-refractivity contribution >= 4 is 10.8 Å². The van der Waals surface area contributed by atoms with Crippen LogP contribution in [0, 0.1) is 0 Å². The molecule has 2 heterocycles. The van der Waals surface area contributed by atoms with E-state index in [1.165, 1.54) is 17.2 Å². The van der Waals surface area contributed by atoms with Gasteiger partial charge in [-0.15, -0.1) is 0 Å². The van der Waals surface area contributed by atoms with Crippen molar-refractivity contribution in [3.05, 3.63) is 78.9 Å². The average molecular weight is 457 g/mol. The molecule has 0 bridgehead atoms. The lowest BCUT2D eigenvalue weighted by atomic mass is 10.1. The van der Waals surface area contributed by atoms with Gasteiger partial charge in [0.05, 0.1) is 19.8 Å². The van der Waals surface area contributed by atoms with Crippen molar-refractivity contribution in [3.63, 3.8) is 0 Å². The molecule has 4 nitrogen and oxygen atoms in total. The van der Waals surface area contributed by atoms with E-state index < -0.39 is 0 Å². The molecular formula is C29H44O4. The standard InChI is InChI=1S/C10H8.C9H10O2.C4H8O2.C3H8.C2H6.CH4/c1-2-6-10-8-4-3-7-9(10)5-1;1-2-4-8(5-3-1)10-6-9-7-11-9;1-5-2-4-3-6-4;1-3-2;1-2;/h1-8H;1-5,9H,6-7H2;4H,2-3H2,1H3;3H2,1-2H3;1-2H3;1H4. The molecule has 4 heteroatoms. The molecule has 0 spiro atoms. The van der Waals surface area contributed by atoms with Crippen LogP contribution in [0.4, 0.5) is 0 Å². The Hall–Kier alpha value is -2.40. The fourth-order valence-electron chi connectivity index (χ4n) is 2.35. The number of hydrogen-bond donors (Lipinski definition) is 0. The minimum atomic E-state index is 0. The Morgan fingerprint density at radius 3 is 1.39 bits per heavy atom. The molecule has 0 aliphatic carbocycles. The van der Waals surface area contributed by atoms with Gasteiger partial charge in [-0.05, 0) is 22.9 Å². The average Bonchev–Trinajstić information content (AvgIpc) is 3.78. The van der Waals surface area contributed by atoms with Crippen LogP contribution in [-0.4, -0.2) is 45.7 Å². The van der Waals surface area contributed by atoms with Crippen molar-refractivity contribution in [3.8, 4) is 5.75 Å². The molecule has 3 aromatic rings. The van der Waals surface area contributed by atoms with Gasteiger partial charge in [0.2, 0.25) is 0 Å². The Morgan fingerprint density at radius 2 is 1.06 bits per heavy atom. The summed E-state index contributed by atoms with van der Waals surface area (Å²) < 4.78 is 20.0. The molecule has 2 unspecified atom stereocenters. The normalized spacial score (nSPS) is 16.4. The van der Waals surface area contributed by atoms with Crippen LogP contribution >= 0.6 is 0 Å². The maximum Gasteiger partial charge on any atom is 0.119 e. The second kappa shape index (κ2) is 20.2. The van der Waals surface area contributed by atoms with E-state index in [0.717, 1.165) is 25.6 Å². The minimum Gasteiger partial charge on any atom is -0.491 e. The van der Waals surface area contributed by atoms with Crippen molar-refractivity contribution in [2.45, 2.75) is 53.8 Å². The quantitative estimate of drug-likeness (QED) is 0.375. The van der Waals surface area contributed by atoms with E-state index in [0.29, 0.717) is 18.8 Å². The molecule has 2 aliphatic rings. The van der Waals surface area contributed by atoms with Crippen molar-refractivity contribution in [1.82, 2.24) is 0 Å². The largest absolute Gasteiger partial charge is 0.491 e. The van der Waals surface area contributed by atoms with Gasteiger partial charge < -0.3 is 18.9 Å². The zero-order valence-corrected chi connectivity index (χ0v) is 20.3. The molecule has 2 atom stereocenters. The topological polar surface area (TPSA) is 43.5 Å². The number of fused-ring (bicyclic) bond motifs is 1. The highest BCUT2D eigenvalue weighted by Crippen LogP contribution is 2.13. The van der Waals surface area contributed by atoms with Crippen LogP contribution in [0.5, 0.6) is 5.75 Å². The molecule has 0 radical (unpaired) electrons. The third-order valence-electron chi connectivity index (χ3n) is 4.00. The first-order valence-electron chi connectivity index (χ1n) is 11.6. The maximum absolute atomic E-state index is 5.40. The summed E-state index contributed by atoms with van der Waals surface area (Å²) >= 11 is 0. The van der Waals surface area contributed by atoms with Gasteiger partial charge in [0, 0.05) is 7.11 Å². The highest BCUT2D eigenvalue weighted by Gasteiger charge is 2.22. The molecule has 2 saturated heterocycles. The van der Waals surface area contributed by atoms with E-state index in [2.05, 4.69) is 62.4 Å². The summed E-state index contributed by atoms with van der Waals surface area (Å²) in [6.45, 7) is 11.4. The predicted octanol–water partition coefficient (Wildman–Crippen LogP) is 7.41. The van der Waals surface area contributed by atoms with E-state index in [1.807, 2.05) is 44.2 Å². The second-order valence-electron chi connectivity index (χ2n) is 7.04. The number of methoxy groups -OCH3 is 1. The first-order valence-corrected chi connectivity index (χ1v) is 11.6. The molecule has 5 rings (SSSR count). The Balaban J connectivity index is 0.000000430. The van der Waals surface area contributed by atoms with Crippen molar-refractivity contribution < 1.29 is 18.9 Å². The van der Waals surface area contributed by atoms with Gasteiger partial charge in [0.15, 0.2) is 0 Å². The molecule has 3 aromatic carbocycles. The predicted molar refractivity (Wildman–Crippen MR) is 141 cm³/mol. The lowest BCUT2D eigenvalue weighted by Crippen LogP contribution is -2.03. The smallest absolute Gasteiger partial charge is 0.119 e. The van der Waals surface area contributed by atoms with Crippen molar-refractivity contribution in [2.75, 3.05) is 33.5 Å². The SMILES string of the molecule is C.CC.CCC.COCC1CO1.c1ccc(OCC2CO2)cc1.c1ccc2ccccc2c1. The van der Waals surface area contributed by atoms with Crippen LogP contribution in [0.2, 0.25) is 0 Å². The molecule has 33 heavy (non-hydrogen) atoms. The number of para-hydroxylation sites is 1. The van der Waals surface area contributed by atoms with Crippen LogP contribution < -0.4 is 4.74 Å². The zero-order chi connectivity index (χ0) is 23.4. The molecule has 2 fully saturated rings. The monoisotopic (exact) mass is 456 g/mol. The number of rotatable bonds is 5. The highest BCUT2D eigenvalue weighted by atomic mass is 16.6. The lowest BCUT2D eigenvalue weighted by Gasteiger charge is -2.01. The van der Waals surface area contributed by atoms with E-state index in [-0.39, 0.29) is 7.43 Å². The molecule has 184 valence electrons. The summed E-state index contributed by atoms with van der Waals surface area (Å²) in [6, 6.07) is 26.5. The third kappa shape index (κ3) is 15.9. The summed E-state index contributed by atoms with van der Waals surface area (Å²) in [6.07, 6.45) is 2.02. The van der Waals surface area contributed by atoms with Crippen molar-refractivity contribution in [2.24, 2.45) is 0 Å². The van der Waals surface area contributed by atoms with Gasteiger partial charge >= 0.3 is 0 Å². The van der Waals surface area contributed by atoms with Gasteiger partial charge in [-0.3, -0.25) is 0 Å². The Labute approximate surface area is 201 Å². The molecule has 0 aromatic heterocycles. The number of benzene rings is 3. The Bertz CT molecular complexity index is 733. The van der Waals surface area contributed by atoms with Gasteiger partial charge in [-0.25, -0.2) is 0 Å². The molecule has 0 N–H and O–H groups in total.